The Morgan fingerprint density at radius 1 is 0.900 bits per heavy atom. The molecule has 2 amide bonds. The van der Waals surface area contributed by atoms with Crippen molar-refractivity contribution in [3.05, 3.63) is 59.7 Å². The van der Waals surface area contributed by atoms with Crippen molar-refractivity contribution in [2.24, 2.45) is 0 Å². The van der Waals surface area contributed by atoms with Crippen LogP contribution in [-0.4, -0.2) is 11.8 Å². The molecular formula is C16H16N2O2. The van der Waals surface area contributed by atoms with Crippen LogP contribution in [0.3, 0.4) is 0 Å². The Morgan fingerprint density at radius 3 is 2.25 bits per heavy atom. The fraction of sp³-hybridized carbons (Fsp3) is 0.125. The van der Waals surface area contributed by atoms with Crippen molar-refractivity contribution in [2.75, 3.05) is 10.6 Å². The highest BCUT2D eigenvalue weighted by atomic mass is 16.2. The van der Waals surface area contributed by atoms with Gasteiger partial charge in [0.25, 0.3) is 5.91 Å². The van der Waals surface area contributed by atoms with E-state index >= 15 is 0 Å². The number of aryl methyl sites for hydroxylation is 1. The quantitative estimate of drug-likeness (QED) is 0.898. The van der Waals surface area contributed by atoms with Gasteiger partial charge in [0, 0.05) is 12.6 Å². The molecular weight excluding hydrogens is 252 g/mol. The van der Waals surface area contributed by atoms with Crippen molar-refractivity contribution in [3.63, 3.8) is 0 Å². The second-order valence-corrected chi connectivity index (χ2v) is 4.50. The van der Waals surface area contributed by atoms with Gasteiger partial charge in [-0.1, -0.05) is 30.3 Å². The Bertz CT molecular complexity index is 636. The first kappa shape index (κ1) is 13.8. The van der Waals surface area contributed by atoms with Crippen molar-refractivity contribution < 1.29 is 9.59 Å². The molecule has 0 saturated carbocycles. The number of rotatable bonds is 3. The fourth-order valence-corrected chi connectivity index (χ4v) is 1.92. The first-order valence-corrected chi connectivity index (χ1v) is 6.31. The van der Waals surface area contributed by atoms with E-state index in [1.165, 1.54) is 6.92 Å². The monoisotopic (exact) mass is 268 g/mol. The van der Waals surface area contributed by atoms with E-state index in [2.05, 4.69) is 10.6 Å². The molecule has 2 aromatic rings. The number of benzene rings is 2. The summed E-state index contributed by atoms with van der Waals surface area (Å²) >= 11 is 0. The van der Waals surface area contributed by atoms with Crippen LogP contribution in [0.5, 0.6) is 0 Å². The summed E-state index contributed by atoms with van der Waals surface area (Å²) in [5, 5.41) is 5.52. The minimum absolute atomic E-state index is 0.201. The SMILES string of the molecule is CC(=O)Nc1c(C)cccc1C(=O)Nc1ccccc1. The fourth-order valence-electron chi connectivity index (χ4n) is 1.92. The van der Waals surface area contributed by atoms with E-state index in [1.54, 1.807) is 12.1 Å². The molecule has 0 saturated heterocycles. The lowest BCUT2D eigenvalue weighted by molar-refractivity contribution is -0.114. The molecule has 2 rings (SSSR count). The average Bonchev–Trinajstić information content (AvgIpc) is 2.41. The van der Waals surface area contributed by atoms with Crippen molar-refractivity contribution in [1.82, 2.24) is 0 Å². The first-order chi connectivity index (χ1) is 9.58. The van der Waals surface area contributed by atoms with E-state index in [9.17, 15) is 9.59 Å². The van der Waals surface area contributed by atoms with Gasteiger partial charge in [-0.3, -0.25) is 9.59 Å². The zero-order valence-corrected chi connectivity index (χ0v) is 11.4. The first-order valence-electron chi connectivity index (χ1n) is 6.31. The number of nitrogens with one attached hydrogen (secondary N) is 2. The van der Waals surface area contributed by atoms with Crippen LogP contribution in [0.25, 0.3) is 0 Å². The lowest BCUT2D eigenvalue weighted by Crippen LogP contribution is -2.17. The number of carbonyl (C=O) groups excluding carboxylic acids is 2. The molecule has 0 radical (unpaired) electrons. The number of hydrogen-bond donors (Lipinski definition) is 2. The molecule has 20 heavy (non-hydrogen) atoms. The van der Waals surface area contributed by atoms with Crippen LogP contribution in [0.15, 0.2) is 48.5 Å². The van der Waals surface area contributed by atoms with E-state index in [0.29, 0.717) is 16.9 Å². The third-order valence-electron chi connectivity index (χ3n) is 2.85. The van der Waals surface area contributed by atoms with Gasteiger partial charge < -0.3 is 10.6 Å². The van der Waals surface area contributed by atoms with Crippen molar-refractivity contribution in [1.29, 1.82) is 0 Å². The summed E-state index contributed by atoms with van der Waals surface area (Å²) in [5.41, 5.74) is 2.56. The average molecular weight is 268 g/mol. The summed E-state index contributed by atoms with van der Waals surface area (Å²) in [6, 6.07) is 14.5. The number of hydrogen-bond acceptors (Lipinski definition) is 2. The van der Waals surface area contributed by atoms with Gasteiger partial charge in [-0.25, -0.2) is 0 Å². The molecule has 2 aromatic carbocycles. The third kappa shape index (κ3) is 3.23. The molecule has 0 atom stereocenters. The smallest absolute Gasteiger partial charge is 0.257 e. The minimum Gasteiger partial charge on any atom is -0.325 e. The predicted molar refractivity (Wildman–Crippen MR) is 79.9 cm³/mol. The number of anilines is 2. The largest absolute Gasteiger partial charge is 0.325 e. The maximum Gasteiger partial charge on any atom is 0.257 e. The Labute approximate surface area is 117 Å². The molecule has 0 aliphatic carbocycles. The van der Waals surface area contributed by atoms with Crippen LogP contribution in [0.2, 0.25) is 0 Å². The summed E-state index contributed by atoms with van der Waals surface area (Å²) in [6.07, 6.45) is 0. The van der Waals surface area contributed by atoms with Crippen LogP contribution in [-0.2, 0) is 4.79 Å². The van der Waals surface area contributed by atoms with E-state index in [1.807, 2.05) is 43.3 Å². The van der Waals surface area contributed by atoms with Crippen molar-refractivity contribution in [2.45, 2.75) is 13.8 Å². The molecule has 0 aliphatic rings. The third-order valence-corrected chi connectivity index (χ3v) is 2.85. The second-order valence-electron chi connectivity index (χ2n) is 4.50. The van der Waals surface area contributed by atoms with Crippen LogP contribution >= 0.6 is 0 Å². The van der Waals surface area contributed by atoms with Gasteiger partial charge in [0.15, 0.2) is 0 Å². The molecule has 0 heterocycles. The van der Waals surface area contributed by atoms with Gasteiger partial charge in [0.2, 0.25) is 5.91 Å². The van der Waals surface area contributed by atoms with E-state index in [4.69, 9.17) is 0 Å². The number of para-hydroxylation sites is 2. The van der Waals surface area contributed by atoms with Gasteiger partial charge in [-0.15, -0.1) is 0 Å². The van der Waals surface area contributed by atoms with Crippen LogP contribution in [0.4, 0.5) is 11.4 Å². The number of amides is 2. The standard InChI is InChI=1S/C16H16N2O2/c1-11-7-6-10-14(15(11)17-12(2)19)16(20)18-13-8-4-3-5-9-13/h3-10H,1-2H3,(H,17,19)(H,18,20). The molecule has 4 nitrogen and oxygen atoms in total. The minimum atomic E-state index is -0.247. The highest BCUT2D eigenvalue weighted by Gasteiger charge is 2.14. The molecule has 0 bridgehead atoms. The van der Waals surface area contributed by atoms with E-state index in [0.717, 1.165) is 5.56 Å². The highest BCUT2D eigenvalue weighted by Crippen LogP contribution is 2.21. The van der Waals surface area contributed by atoms with E-state index in [-0.39, 0.29) is 11.8 Å². The van der Waals surface area contributed by atoms with Crippen LogP contribution in [0, 0.1) is 6.92 Å². The zero-order chi connectivity index (χ0) is 14.5. The summed E-state index contributed by atoms with van der Waals surface area (Å²) in [6.45, 7) is 3.27. The van der Waals surface area contributed by atoms with E-state index < -0.39 is 0 Å². The Balaban J connectivity index is 2.30. The maximum absolute atomic E-state index is 12.3. The summed E-state index contributed by atoms with van der Waals surface area (Å²) in [7, 11) is 0. The molecule has 0 aromatic heterocycles. The molecule has 102 valence electrons. The molecule has 4 heteroatoms. The van der Waals surface area contributed by atoms with Gasteiger partial charge in [-0.2, -0.15) is 0 Å². The van der Waals surface area contributed by atoms with Crippen LogP contribution in [0.1, 0.15) is 22.8 Å². The highest BCUT2D eigenvalue weighted by molar-refractivity contribution is 6.10. The Morgan fingerprint density at radius 2 is 1.60 bits per heavy atom. The van der Waals surface area contributed by atoms with Gasteiger partial charge in [0.05, 0.1) is 11.3 Å². The van der Waals surface area contributed by atoms with Gasteiger partial charge in [0.1, 0.15) is 0 Å². The summed E-state index contributed by atoms with van der Waals surface area (Å²) in [4.78, 5) is 23.6. The van der Waals surface area contributed by atoms with Crippen molar-refractivity contribution >= 4 is 23.2 Å². The topological polar surface area (TPSA) is 58.2 Å². The lowest BCUT2D eigenvalue weighted by Gasteiger charge is -2.13. The Kier molecular flexibility index (Phi) is 4.15. The lowest BCUT2D eigenvalue weighted by atomic mass is 10.1. The maximum atomic E-state index is 12.3. The molecule has 0 spiro atoms. The van der Waals surface area contributed by atoms with Crippen molar-refractivity contribution in [3.8, 4) is 0 Å². The Hall–Kier alpha value is -2.62. The summed E-state index contributed by atoms with van der Waals surface area (Å²) in [5.74, 6) is -0.447. The second kappa shape index (κ2) is 6.02. The molecule has 0 fully saturated rings. The van der Waals surface area contributed by atoms with Gasteiger partial charge >= 0.3 is 0 Å². The van der Waals surface area contributed by atoms with Crippen LogP contribution < -0.4 is 10.6 Å². The normalized spacial score (nSPS) is 9.90. The predicted octanol–water partition coefficient (Wildman–Crippen LogP) is 3.21. The molecule has 2 N–H and O–H groups in total. The van der Waals surface area contributed by atoms with Gasteiger partial charge in [-0.05, 0) is 30.7 Å². The number of carbonyl (C=O) groups is 2. The zero-order valence-electron chi connectivity index (χ0n) is 11.4. The molecule has 0 aliphatic heterocycles. The molecule has 0 unspecified atom stereocenters. The summed E-state index contributed by atoms with van der Waals surface area (Å²) < 4.78 is 0.